The number of hydrogen-bond donors (Lipinski definition) is 1. The summed E-state index contributed by atoms with van der Waals surface area (Å²) in [6, 6.07) is 0.419. The van der Waals surface area contributed by atoms with Gasteiger partial charge in [0.25, 0.3) is 5.91 Å². The Labute approximate surface area is 180 Å². The average Bonchev–Trinajstić information content (AvgIpc) is 2.71. The molecule has 11 heteroatoms. The van der Waals surface area contributed by atoms with Crippen LogP contribution >= 0.6 is 0 Å². The molecule has 1 aromatic heterocycles. The standard InChI is InChI=1S/C20H28N2O9/c1-11(2)19(25)28-9-12(3)31-20(26)13(4)22-18(24)16-17(30-10-29-14(5)23)15(27-6)7-8-21-16/h7-8,11-13H,9-10H2,1-6H3,(H,22,24)/t12-,13-/m0/s1. The summed E-state index contributed by atoms with van der Waals surface area (Å²) < 4.78 is 25.4. The van der Waals surface area contributed by atoms with Crippen LogP contribution in [-0.2, 0) is 28.6 Å². The fourth-order valence-corrected chi connectivity index (χ4v) is 2.09. The number of carbonyl (C=O) groups is 4. The van der Waals surface area contributed by atoms with Gasteiger partial charge in [0.2, 0.25) is 6.79 Å². The third-order valence-electron chi connectivity index (χ3n) is 3.72. The maximum Gasteiger partial charge on any atom is 0.328 e. The highest BCUT2D eigenvalue weighted by molar-refractivity contribution is 5.98. The second-order valence-electron chi connectivity index (χ2n) is 6.82. The molecule has 0 bridgehead atoms. The molecule has 2 atom stereocenters. The van der Waals surface area contributed by atoms with Crippen molar-refractivity contribution in [3.8, 4) is 11.5 Å². The van der Waals surface area contributed by atoms with Gasteiger partial charge >= 0.3 is 17.9 Å². The summed E-state index contributed by atoms with van der Waals surface area (Å²) in [5, 5.41) is 2.45. The highest BCUT2D eigenvalue weighted by Gasteiger charge is 2.25. The van der Waals surface area contributed by atoms with Crippen molar-refractivity contribution in [2.75, 3.05) is 20.5 Å². The van der Waals surface area contributed by atoms with Gasteiger partial charge in [-0.2, -0.15) is 0 Å². The first-order valence-corrected chi connectivity index (χ1v) is 9.53. The van der Waals surface area contributed by atoms with E-state index in [1.165, 1.54) is 33.2 Å². The lowest BCUT2D eigenvalue weighted by Gasteiger charge is -2.19. The number of rotatable bonds is 11. The third-order valence-corrected chi connectivity index (χ3v) is 3.72. The monoisotopic (exact) mass is 440 g/mol. The van der Waals surface area contributed by atoms with Crippen molar-refractivity contribution in [2.45, 2.75) is 46.8 Å². The van der Waals surface area contributed by atoms with Crippen LogP contribution in [0.4, 0.5) is 0 Å². The van der Waals surface area contributed by atoms with E-state index in [0.29, 0.717) is 0 Å². The summed E-state index contributed by atoms with van der Waals surface area (Å²) >= 11 is 0. The quantitative estimate of drug-likeness (QED) is 0.304. The van der Waals surface area contributed by atoms with Crippen LogP contribution in [0.25, 0.3) is 0 Å². The molecule has 0 saturated heterocycles. The molecule has 0 aliphatic rings. The molecule has 11 nitrogen and oxygen atoms in total. The van der Waals surface area contributed by atoms with Crippen LogP contribution in [-0.4, -0.2) is 61.5 Å². The summed E-state index contributed by atoms with van der Waals surface area (Å²) in [5.74, 6) is -2.62. The highest BCUT2D eigenvalue weighted by atomic mass is 16.7. The second-order valence-corrected chi connectivity index (χ2v) is 6.82. The molecule has 172 valence electrons. The second kappa shape index (κ2) is 12.4. The first-order chi connectivity index (χ1) is 14.6. The molecule has 1 heterocycles. The summed E-state index contributed by atoms with van der Waals surface area (Å²) in [6.45, 7) is 7.00. The molecule has 0 aliphatic heterocycles. The van der Waals surface area contributed by atoms with E-state index < -0.39 is 42.8 Å². The molecule has 0 aliphatic carbocycles. The Hall–Kier alpha value is -3.37. The molecular formula is C20H28N2O9. The zero-order valence-electron chi connectivity index (χ0n) is 18.4. The van der Waals surface area contributed by atoms with Crippen LogP contribution in [0, 0.1) is 5.92 Å². The fourth-order valence-electron chi connectivity index (χ4n) is 2.09. The van der Waals surface area contributed by atoms with Crippen molar-refractivity contribution in [3.05, 3.63) is 18.0 Å². The predicted molar refractivity (Wildman–Crippen MR) is 106 cm³/mol. The van der Waals surface area contributed by atoms with Gasteiger partial charge in [-0.25, -0.2) is 9.78 Å². The van der Waals surface area contributed by atoms with Crippen molar-refractivity contribution in [3.63, 3.8) is 0 Å². The highest BCUT2D eigenvalue weighted by Crippen LogP contribution is 2.29. The van der Waals surface area contributed by atoms with Gasteiger partial charge in [-0.1, -0.05) is 13.8 Å². The minimum Gasteiger partial charge on any atom is -0.493 e. The molecule has 0 aromatic carbocycles. The van der Waals surface area contributed by atoms with Gasteiger partial charge in [0, 0.05) is 19.2 Å². The van der Waals surface area contributed by atoms with Crippen molar-refractivity contribution in [2.24, 2.45) is 5.92 Å². The molecule has 1 N–H and O–H groups in total. The molecule has 0 radical (unpaired) electrons. The molecule has 0 unspecified atom stereocenters. The minimum absolute atomic E-state index is 0.0571. The number of nitrogens with one attached hydrogen (secondary N) is 1. The van der Waals surface area contributed by atoms with Gasteiger partial charge in [-0.3, -0.25) is 14.4 Å². The van der Waals surface area contributed by atoms with Gasteiger partial charge in [0.1, 0.15) is 18.8 Å². The number of esters is 3. The molecule has 0 saturated carbocycles. The minimum atomic E-state index is -1.04. The largest absolute Gasteiger partial charge is 0.493 e. The fraction of sp³-hybridized carbons (Fsp3) is 0.550. The van der Waals surface area contributed by atoms with Gasteiger partial charge in [-0.05, 0) is 13.8 Å². The van der Waals surface area contributed by atoms with Crippen molar-refractivity contribution in [1.29, 1.82) is 0 Å². The number of carbonyl (C=O) groups excluding carboxylic acids is 4. The number of amides is 1. The van der Waals surface area contributed by atoms with Crippen LogP contribution in [0.3, 0.4) is 0 Å². The zero-order chi connectivity index (χ0) is 23.6. The number of ether oxygens (including phenoxy) is 5. The molecule has 1 amide bonds. The number of aromatic nitrogens is 1. The topological polar surface area (TPSA) is 139 Å². The predicted octanol–water partition coefficient (Wildman–Crippen LogP) is 1.24. The van der Waals surface area contributed by atoms with Crippen LogP contribution in [0.2, 0.25) is 0 Å². The zero-order valence-corrected chi connectivity index (χ0v) is 18.4. The summed E-state index contributed by atoms with van der Waals surface area (Å²) in [7, 11) is 1.36. The van der Waals surface area contributed by atoms with E-state index in [0.717, 1.165) is 0 Å². The van der Waals surface area contributed by atoms with E-state index in [4.69, 9.17) is 23.7 Å². The van der Waals surface area contributed by atoms with E-state index in [-0.39, 0.29) is 29.7 Å². The normalized spacial score (nSPS) is 12.4. The number of pyridine rings is 1. The molecular weight excluding hydrogens is 412 g/mol. The van der Waals surface area contributed by atoms with Gasteiger partial charge in [0.15, 0.2) is 17.2 Å². The SMILES string of the molecule is COc1ccnc(C(=O)N[C@@H](C)C(=O)O[C@@H](C)COC(=O)C(C)C)c1OCOC(C)=O. The van der Waals surface area contributed by atoms with E-state index in [1.54, 1.807) is 20.8 Å². The number of nitrogens with zero attached hydrogens (tertiary/aromatic N) is 1. The van der Waals surface area contributed by atoms with Crippen LogP contribution in [0.15, 0.2) is 12.3 Å². The lowest BCUT2D eigenvalue weighted by atomic mass is 10.2. The molecule has 0 spiro atoms. The first-order valence-electron chi connectivity index (χ1n) is 9.53. The Morgan fingerprint density at radius 1 is 1.06 bits per heavy atom. The molecule has 1 aromatic rings. The van der Waals surface area contributed by atoms with Crippen LogP contribution < -0.4 is 14.8 Å². The van der Waals surface area contributed by atoms with E-state index in [9.17, 15) is 19.2 Å². The summed E-state index contributed by atoms with van der Waals surface area (Å²) in [5.41, 5.74) is -0.176. The van der Waals surface area contributed by atoms with Crippen molar-refractivity contribution >= 4 is 23.8 Å². The maximum absolute atomic E-state index is 12.6. The molecule has 31 heavy (non-hydrogen) atoms. The summed E-state index contributed by atoms with van der Waals surface area (Å²) in [6.07, 6.45) is 0.618. The van der Waals surface area contributed by atoms with Crippen molar-refractivity contribution < 1.29 is 42.9 Å². The Kier molecular flexibility index (Phi) is 10.2. The first kappa shape index (κ1) is 25.7. The Morgan fingerprint density at radius 3 is 2.32 bits per heavy atom. The molecule has 1 rings (SSSR count). The number of hydrogen-bond acceptors (Lipinski definition) is 10. The smallest absolute Gasteiger partial charge is 0.328 e. The summed E-state index contributed by atoms with van der Waals surface area (Å²) in [4.78, 5) is 51.2. The third kappa shape index (κ3) is 8.49. The van der Waals surface area contributed by atoms with Gasteiger partial charge in [-0.15, -0.1) is 0 Å². The van der Waals surface area contributed by atoms with Gasteiger partial charge in [0.05, 0.1) is 13.0 Å². The van der Waals surface area contributed by atoms with Crippen LogP contribution in [0.5, 0.6) is 11.5 Å². The van der Waals surface area contributed by atoms with E-state index in [2.05, 4.69) is 10.3 Å². The number of methoxy groups -OCH3 is 1. The van der Waals surface area contributed by atoms with Crippen molar-refractivity contribution in [1.82, 2.24) is 10.3 Å². The average molecular weight is 440 g/mol. The van der Waals surface area contributed by atoms with Gasteiger partial charge < -0.3 is 29.0 Å². The Morgan fingerprint density at radius 2 is 1.74 bits per heavy atom. The molecule has 0 fully saturated rings. The Bertz CT molecular complexity index is 795. The lowest BCUT2D eigenvalue weighted by Crippen LogP contribution is -2.41. The van der Waals surface area contributed by atoms with E-state index in [1.807, 2.05) is 0 Å². The maximum atomic E-state index is 12.6. The Balaban J connectivity index is 2.75. The lowest BCUT2D eigenvalue weighted by molar-refractivity contribution is -0.160. The van der Waals surface area contributed by atoms with E-state index >= 15 is 0 Å². The van der Waals surface area contributed by atoms with Crippen LogP contribution in [0.1, 0.15) is 45.1 Å².